The number of carbonyl (C=O) groups excluding carboxylic acids is 2. The molecule has 28 heavy (non-hydrogen) atoms. The summed E-state index contributed by atoms with van der Waals surface area (Å²) < 4.78 is 42.8. The third-order valence-electron chi connectivity index (χ3n) is 3.67. The number of benzene rings is 2. The minimum Gasteiger partial charge on any atom is -0.455 e. The van der Waals surface area contributed by atoms with Crippen LogP contribution < -0.4 is 5.32 Å². The van der Waals surface area contributed by atoms with Crippen LogP contribution in [0.15, 0.2) is 42.5 Å². The summed E-state index contributed by atoms with van der Waals surface area (Å²) in [4.78, 5) is 33.8. The monoisotopic (exact) mass is 396 g/mol. The van der Waals surface area contributed by atoms with Crippen LogP contribution in [-0.2, 0) is 26.9 Å². The van der Waals surface area contributed by atoms with Crippen LogP contribution in [-0.4, -0.2) is 23.4 Å². The van der Waals surface area contributed by atoms with Gasteiger partial charge in [0.15, 0.2) is 6.61 Å². The molecular formula is C18H15F3N2O5. The molecule has 0 aliphatic heterocycles. The molecule has 2 rings (SSSR count). The van der Waals surface area contributed by atoms with E-state index in [1.54, 1.807) is 6.92 Å². The van der Waals surface area contributed by atoms with E-state index in [9.17, 15) is 32.9 Å². The first kappa shape index (κ1) is 20.9. The minimum absolute atomic E-state index is 0.0924. The van der Waals surface area contributed by atoms with Gasteiger partial charge in [0.2, 0.25) is 0 Å². The minimum atomic E-state index is -4.53. The lowest BCUT2D eigenvalue weighted by atomic mass is 10.1. The zero-order valence-corrected chi connectivity index (χ0v) is 14.6. The number of aryl methyl sites for hydroxylation is 1. The fraction of sp³-hybridized carbons (Fsp3) is 0.222. The van der Waals surface area contributed by atoms with Crippen LogP contribution in [0.4, 0.5) is 24.5 Å². The molecular weight excluding hydrogens is 381 g/mol. The number of nitro benzene ring substituents is 1. The van der Waals surface area contributed by atoms with Crippen LogP contribution in [0.1, 0.15) is 16.7 Å². The van der Waals surface area contributed by atoms with E-state index in [-0.39, 0.29) is 16.9 Å². The Morgan fingerprint density at radius 2 is 1.89 bits per heavy atom. The van der Waals surface area contributed by atoms with Crippen molar-refractivity contribution in [3.8, 4) is 0 Å². The van der Waals surface area contributed by atoms with E-state index in [2.05, 4.69) is 5.32 Å². The summed E-state index contributed by atoms with van der Waals surface area (Å²) in [6.07, 6.45) is -4.97. The van der Waals surface area contributed by atoms with Crippen molar-refractivity contribution in [2.24, 2.45) is 0 Å². The average Bonchev–Trinajstić information content (AvgIpc) is 2.61. The van der Waals surface area contributed by atoms with E-state index in [1.807, 2.05) is 0 Å². The summed E-state index contributed by atoms with van der Waals surface area (Å²) in [7, 11) is 0. The lowest BCUT2D eigenvalue weighted by Crippen LogP contribution is -2.22. The van der Waals surface area contributed by atoms with Gasteiger partial charge in [-0.05, 0) is 24.1 Å². The molecule has 0 fully saturated rings. The number of nitrogens with zero attached hydrogens (tertiary/aromatic N) is 1. The third kappa shape index (κ3) is 5.79. The topological polar surface area (TPSA) is 98.5 Å². The van der Waals surface area contributed by atoms with E-state index >= 15 is 0 Å². The Balaban J connectivity index is 1.92. The van der Waals surface area contributed by atoms with Gasteiger partial charge in [-0.15, -0.1) is 0 Å². The smallest absolute Gasteiger partial charge is 0.416 e. The van der Waals surface area contributed by atoms with Crippen molar-refractivity contribution in [3.05, 3.63) is 69.3 Å². The summed E-state index contributed by atoms with van der Waals surface area (Å²) in [5.74, 6) is -1.62. The predicted molar refractivity (Wildman–Crippen MR) is 92.6 cm³/mol. The second-order valence-electron chi connectivity index (χ2n) is 5.84. The molecule has 0 atom stereocenters. The number of alkyl halides is 3. The molecule has 10 heteroatoms. The maximum atomic E-state index is 12.7. The van der Waals surface area contributed by atoms with Gasteiger partial charge in [0.05, 0.1) is 22.6 Å². The summed E-state index contributed by atoms with van der Waals surface area (Å²) in [5.41, 5.74) is -0.267. The van der Waals surface area contributed by atoms with E-state index < -0.39 is 41.6 Å². The molecule has 0 radical (unpaired) electrons. The van der Waals surface area contributed by atoms with Crippen molar-refractivity contribution in [1.29, 1.82) is 0 Å². The molecule has 0 aliphatic rings. The number of hydrogen-bond acceptors (Lipinski definition) is 5. The molecule has 0 aliphatic carbocycles. The van der Waals surface area contributed by atoms with Crippen molar-refractivity contribution in [3.63, 3.8) is 0 Å². The van der Waals surface area contributed by atoms with E-state index in [0.29, 0.717) is 5.56 Å². The van der Waals surface area contributed by atoms with Gasteiger partial charge in [-0.1, -0.05) is 24.3 Å². The van der Waals surface area contributed by atoms with Crippen molar-refractivity contribution < 1.29 is 32.4 Å². The van der Waals surface area contributed by atoms with Crippen molar-refractivity contribution in [2.75, 3.05) is 11.9 Å². The predicted octanol–water partition coefficient (Wildman–Crippen LogP) is 3.65. The molecule has 2 aromatic carbocycles. The number of halogens is 3. The molecule has 0 spiro atoms. The average molecular weight is 396 g/mol. The van der Waals surface area contributed by atoms with E-state index in [4.69, 9.17) is 4.74 Å². The Bertz CT molecular complexity index is 912. The quantitative estimate of drug-likeness (QED) is 0.457. The van der Waals surface area contributed by atoms with E-state index in [1.165, 1.54) is 24.3 Å². The van der Waals surface area contributed by atoms with Crippen LogP contribution in [0.25, 0.3) is 0 Å². The van der Waals surface area contributed by atoms with Crippen LogP contribution in [0.3, 0.4) is 0 Å². The van der Waals surface area contributed by atoms with Crippen LogP contribution in [0.5, 0.6) is 0 Å². The lowest BCUT2D eigenvalue weighted by Gasteiger charge is -2.10. The molecule has 0 heterocycles. The molecule has 1 N–H and O–H groups in total. The van der Waals surface area contributed by atoms with Crippen molar-refractivity contribution in [2.45, 2.75) is 19.5 Å². The summed E-state index contributed by atoms with van der Waals surface area (Å²) >= 11 is 0. The summed E-state index contributed by atoms with van der Waals surface area (Å²) in [6, 6.07) is 8.11. The maximum absolute atomic E-state index is 12.7. The number of hydrogen-bond donors (Lipinski definition) is 1. The Labute approximate surface area is 157 Å². The standard InChI is InChI=1S/C18H15F3N2O5/c1-11-5-6-14(23(26)27)9-15(11)22-16(24)10-28-17(25)8-12-3-2-4-13(7-12)18(19,20)21/h2-7,9H,8,10H2,1H3,(H,22,24). The lowest BCUT2D eigenvalue weighted by molar-refractivity contribution is -0.384. The highest BCUT2D eigenvalue weighted by atomic mass is 19.4. The fourth-order valence-corrected chi connectivity index (χ4v) is 2.27. The first-order valence-electron chi connectivity index (χ1n) is 7.93. The number of rotatable bonds is 6. The number of esters is 1. The Hall–Kier alpha value is -3.43. The van der Waals surface area contributed by atoms with Gasteiger partial charge < -0.3 is 10.1 Å². The van der Waals surface area contributed by atoms with Gasteiger partial charge in [-0.25, -0.2) is 0 Å². The highest BCUT2D eigenvalue weighted by Crippen LogP contribution is 2.29. The molecule has 1 amide bonds. The van der Waals surface area contributed by atoms with Crippen LogP contribution >= 0.6 is 0 Å². The summed E-state index contributed by atoms with van der Waals surface area (Å²) in [5, 5.41) is 13.2. The third-order valence-corrected chi connectivity index (χ3v) is 3.67. The van der Waals surface area contributed by atoms with Crippen LogP contribution in [0.2, 0.25) is 0 Å². The molecule has 0 saturated heterocycles. The highest BCUT2D eigenvalue weighted by Gasteiger charge is 2.30. The fourth-order valence-electron chi connectivity index (χ4n) is 2.27. The van der Waals surface area contributed by atoms with Gasteiger partial charge in [0.1, 0.15) is 0 Å². The van der Waals surface area contributed by atoms with Crippen molar-refractivity contribution >= 4 is 23.3 Å². The van der Waals surface area contributed by atoms with Crippen LogP contribution in [0, 0.1) is 17.0 Å². The molecule has 148 valence electrons. The van der Waals surface area contributed by atoms with Gasteiger partial charge in [-0.3, -0.25) is 19.7 Å². The Kier molecular flexibility index (Phi) is 6.34. The number of nitrogens with one attached hydrogen (secondary N) is 1. The van der Waals surface area contributed by atoms with Gasteiger partial charge in [0.25, 0.3) is 11.6 Å². The zero-order valence-electron chi connectivity index (χ0n) is 14.6. The van der Waals surface area contributed by atoms with Gasteiger partial charge >= 0.3 is 12.1 Å². The second kappa shape index (κ2) is 8.51. The Morgan fingerprint density at radius 1 is 1.18 bits per heavy atom. The normalized spacial score (nSPS) is 11.0. The highest BCUT2D eigenvalue weighted by molar-refractivity contribution is 5.93. The first-order chi connectivity index (χ1) is 13.1. The van der Waals surface area contributed by atoms with E-state index in [0.717, 1.165) is 18.2 Å². The first-order valence-corrected chi connectivity index (χ1v) is 7.93. The zero-order chi connectivity index (χ0) is 20.9. The number of carbonyl (C=O) groups is 2. The van der Waals surface area contributed by atoms with Gasteiger partial charge in [-0.2, -0.15) is 13.2 Å². The number of non-ortho nitro benzene ring substituents is 1. The largest absolute Gasteiger partial charge is 0.455 e. The SMILES string of the molecule is Cc1ccc([N+](=O)[O-])cc1NC(=O)COC(=O)Cc1cccc(C(F)(F)F)c1. The molecule has 0 bridgehead atoms. The molecule has 0 unspecified atom stereocenters. The number of nitro groups is 1. The maximum Gasteiger partial charge on any atom is 0.416 e. The molecule has 2 aromatic rings. The number of ether oxygens (including phenoxy) is 1. The Morgan fingerprint density at radius 3 is 2.54 bits per heavy atom. The molecule has 0 saturated carbocycles. The number of amides is 1. The molecule has 0 aromatic heterocycles. The summed E-state index contributed by atoms with van der Waals surface area (Å²) in [6.45, 7) is 0.943. The van der Waals surface area contributed by atoms with Gasteiger partial charge in [0, 0.05) is 12.1 Å². The molecule has 7 nitrogen and oxygen atoms in total. The number of anilines is 1. The van der Waals surface area contributed by atoms with Crippen molar-refractivity contribution in [1.82, 2.24) is 0 Å². The second-order valence-corrected chi connectivity index (χ2v) is 5.84.